The summed E-state index contributed by atoms with van der Waals surface area (Å²) in [6, 6.07) is 33.3. The molecule has 5 aromatic carbocycles. The van der Waals surface area contributed by atoms with Gasteiger partial charge in [0, 0.05) is 33.0 Å². The van der Waals surface area contributed by atoms with E-state index in [9.17, 15) is 9.90 Å². The number of amides is 1. The molecule has 1 amide bonds. The van der Waals surface area contributed by atoms with Crippen LogP contribution in [0.25, 0.3) is 43.8 Å². The monoisotopic (exact) mass is 441 g/mol. The molecule has 0 aliphatic carbocycles. The van der Waals surface area contributed by atoms with Crippen LogP contribution in [0, 0.1) is 0 Å². The zero-order valence-corrected chi connectivity index (χ0v) is 18.1. The van der Waals surface area contributed by atoms with E-state index in [0.29, 0.717) is 11.3 Å². The first-order valence-corrected chi connectivity index (χ1v) is 11.2. The summed E-state index contributed by atoms with van der Waals surface area (Å²) >= 11 is 0. The number of aliphatic hydroxyl groups excluding tert-OH is 1. The van der Waals surface area contributed by atoms with Gasteiger partial charge in [-0.25, -0.2) is 0 Å². The van der Waals surface area contributed by atoms with Crippen molar-refractivity contribution in [2.75, 3.05) is 4.90 Å². The lowest BCUT2D eigenvalue weighted by Crippen LogP contribution is -2.38. The molecule has 1 unspecified atom stereocenters. The quantitative estimate of drug-likeness (QED) is 0.313. The van der Waals surface area contributed by atoms with Gasteiger partial charge >= 0.3 is 0 Å². The largest absolute Gasteiger partial charge is 0.456 e. The van der Waals surface area contributed by atoms with Gasteiger partial charge in [-0.2, -0.15) is 0 Å². The van der Waals surface area contributed by atoms with Gasteiger partial charge in [0.1, 0.15) is 11.2 Å². The maximum atomic E-state index is 13.5. The summed E-state index contributed by atoms with van der Waals surface area (Å²) in [4.78, 5) is 15.0. The van der Waals surface area contributed by atoms with Crippen molar-refractivity contribution in [2.24, 2.45) is 0 Å². The van der Waals surface area contributed by atoms with Crippen LogP contribution in [0.15, 0.2) is 108 Å². The molecule has 0 radical (unpaired) electrons. The van der Waals surface area contributed by atoms with E-state index in [1.807, 2.05) is 91.0 Å². The highest BCUT2D eigenvalue weighted by Crippen LogP contribution is 2.42. The Labute approximate surface area is 195 Å². The summed E-state index contributed by atoms with van der Waals surface area (Å²) in [6.07, 6.45) is -1.05. The van der Waals surface area contributed by atoms with Crippen molar-refractivity contribution in [2.45, 2.75) is 6.23 Å². The third-order valence-electron chi connectivity index (χ3n) is 6.77. The van der Waals surface area contributed by atoms with Crippen LogP contribution in [0.5, 0.6) is 0 Å². The van der Waals surface area contributed by atoms with Gasteiger partial charge < -0.3 is 9.52 Å². The standard InChI is InChI=1S/C30H19NO3/c32-29-23-11-6-10-22-20(18-13-16-27-25(17-18)21-9-4-5-12-26(21)34-27)14-15-24(28(22)23)30(33)31(29)19-7-2-1-3-8-19/h1-17,29,32H. The lowest BCUT2D eigenvalue weighted by molar-refractivity contribution is 0.0879. The summed E-state index contributed by atoms with van der Waals surface area (Å²) in [7, 11) is 0. The molecule has 2 heterocycles. The number of fused-ring (bicyclic) bond motifs is 3. The van der Waals surface area contributed by atoms with Gasteiger partial charge in [0.05, 0.1) is 0 Å². The van der Waals surface area contributed by atoms with Gasteiger partial charge in [0.2, 0.25) is 0 Å². The molecule has 1 aliphatic heterocycles. The Morgan fingerprint density at radius 2 is 1.41 bits per heavy atom. The van der Waals surface area contributed by atoms with E-state index < -0.39 is 6.23 Å². The number of carbonyl (C=O) groups is 1. The van der Waals surface area contributed by atoms with E-state index in [4.69, 9.17) is 4.42 Å². The first-order valence-electron chi connectivity index (χ1n) is 11.2. The number of aliphatic hydroxyl groups is 1. The molecule has 0 fully saturated rings. The van der Waals surface area contributed by atoms with Crippen molar-refractivity contribution < 1.29 is 14.3 Å². The lowest BCUT2D eigenvalue weighted by atomic mass is 9.88. The first-order chi connectivity index (χ1) is 16.7. The van der Waals surface area contributed by atoms with Crippen LogP contribution < -0.4 is 4.90 Å². The van der Waals surface area contributed by atoms with Gasteiger partial charge in [0.25, 0.3) is 5.91 Å². The number of hydrogen-bond acceptors (Lipinski definition) is 3. The number of hydrogen-bond donors (Lipinski definition) is 1. The minimum absolute atomic E-state index is 0.203. The van der Waals surface area contributed by atoms with Gasteiger partial charge in [0.15, 0.2) is 6.23 Å². The van der Waals surface area contributed by atoms with E-state index in [2.05, 4.69) is 12.1 Å². The number of anilines is 1. The Morgan fingerprint density at radius 1 is 0.676 bits per heavy atom. The van der Waals surface area contributed by atoms with Gasteiger partial charge in [-0.15, -0.1) is 0 Å². The van der Waals surface area contributed by atoms with Crippen molar-refractivity contribution in [1.29, 1.82) is 0 Å². The van der Waals surface area contributed by atoms with Crippen molar-refractivity contribution in [3.63, 3.8) is 0 Å². The minimum atomic E-state index is -1.05. The summed E-state index contributed by atoms with van der Waals surface area (Å²) in [5.41, 5.74) is 5.75. The molecule has 1 aliphatic rings. The Bertz CT molecular complexity index is 1750. The van der Waals surface area contributed by atoms with E-state index in [0.717, 1.165) is 49.4 Å². The number of rotatable bonds is 2. The molecule has 0 bridgehead atoms. The fraction of sp³-hybridized carbons (Fsp3) is 0.0333. The van der Waals surface area contributed by atoms with E-state index in [-0.39, 0.29) is 5.91 Å². The third-order valence-corrected chi connectivity index (χ3v) is 6.77. The van der Waals surface area contributed by atoms with Gasteiger partial charge in [-0.3, -0.25) is 9.69 Å². The SMILES string of the molecule is O=C1c2ccc(-c3ccc4oc5ccccc5c4c3)c3cccc(c23)C(O)N1c1ccccc1. The normalized spacial score (nSPS) is 15.5. The van der Waals surface area contributed by atoms with Crippen molar-refractivity contribution >= 4 is 44.3 Å². The lowest BCUT2D eigenvalue weighted by Gasteiger charge is -2.34. The van der Waals surface area contributed by atoms with E-state index in [1.165, 1.54) is 4.90 Å². The highest BCUT2D eigenvalue weighted by Gasteiger charge is 2.34. The van der Waals surface area contributed by atoms with Crippen LogP contribution in [-0.4, -0.2) is 11.0 Å². The number of furan rings is 1. The highest BCUT2D eigenvalue weighted by atomic mass is 16.3. The van der Waals surface area contributed by atoms with Crippen LogP contribution in [0.1, 0.15) is 22.1 Å². The second-order valence-corrected chi connectivity index (χ2v) is 8.62. The molecule has 4 nitrogen and oxygen atoms in total. The van der Waals surface area contributed by atoms with Crippen LogP contribution in [0.3, 0.4) is 0 Å². The molecular formula is C30H19NO3. The average molecular weight is 441 g/mol. The third kappa shape index (κ3) is 2.60. The predicted molar refractivity (Wildman–Crippen MR) is 135 cm³/mol. The second-order valence-electron chi connectivity index (χ2n) is 8.62. The van der Waals surface area contributed by atoms with Crippen LogP contribution in [0.4, 0.5) is 5.69 Å². The Balaban J connectivity index is 1.45. The molecule has 0 saturated carbocycles. The van der Waals surface area contributed by atoms with Crippen LogP contribution in [0.2, 0.25) is 0 Å². The van der Waals surface area contributed by atoms with Gasteiger partial charge in [-0.05, 0) is 52.9 Å². The van der Waals surface area contributed by atoms with Crippen LogP contribution >= 0.6 is 0 Å². The molecule has 1 N–H and O–H groups in total. The van der Waals surface area contributed by atoms with Crippen molar-refractivity contribution in [3.8, 4) is 11.1 Å². The molecule has 6 aromatic rings. The molecular weight excluding hydrogens is 422 g/mol. The summed E-state index contributed by atoms with van der Waals surface area (Å²) in [5.74, 6) is -0.203. The van der Waals surface area contributed by atoms with E-state index in [1.54, 1.807) is 0 Å². The fourth-order valence-electron chi connectivity index (χ4n) is 5.20. The first kappa shape index (κ1) is 19.1. The molecule has 0 spiro atoms. The Hall–Kier alpha value is -4.41. The zero-order valence-electron chi connectivity index (χ0n) is 18.1. The highest BCUT2D eigenvalue weighted by molar-refractivity contribution is 6.20. The van der Waals surface area contributed by atoms with E-state index >= 15 is 0 Å². The maximum Gasteiger partial charge on any atom is 0.261 e. The number of carbonyl (C=O) groups excluding carboxylic acids is 1. The van der Waals surface area contributed by atoms with Crippen LogP contribution in [-0.2, 0) is 0 Å². The molecule has 4 heteroatoms. The van der Waals surface area contributed by atoms with Crippen molar-refractivity contribution in [1.82, 2.24) is 0 Å². The fourth-order valence-corrected chi connectivity index (χ4v) is 5.20. The van der Waals surface area contributed by atoms with Gasteiger partial charge in [-0.1, -0.05) is 66.7 Å². The second kappa shape index (κ2) is 7.04. The molecule has 34 heavy (non-hydrogen) atoms. The predicted octanol–water partition coefficient (Wildman–Crippen LogP) is 7.06. The maximum absolute atomic E-state index is 13.5. The topological polar surface area (TPSA) is 53.7 Å². The number of nitrogens with zero attached hydrogens (tertiary/aromatic N) is 1. The smallest absolute Gasteiger partial charge is 0.261 e. The molecule has 1 aromatic heterocycles. The Kier molecular flexibility index (Phi) is 3.96. The minimum Gasteiger partial charge on any atom is -0.456 e. The van der Waals surface area contributed by atoms with Crippen molar-refractivity contribution in [3.05, 3.63) is 114 Å². The summed E-state index contributed by atoms with van der Waals surface area (Å²) < 4.78 is 5.99. The molecule has 162 valence electrons. The molecule has 7 rings (SSSR count). The summed E-state index contributed by atoms with van der Waals surface area (Å²) in [6.45, 7) is 0. The average Bonchev–Trinajstić information content (AvgIpc) is 3.25. The number of para-hydroxylation sites is 2. The number of benzene rings is 5. The Morgan fingerprint density at radius 3 is 2.29 bits per heavy atom. The molecule has 0 saturated heterocycles. The molecule has 1 atom stereocenters. The summed E-state index contributed by atoms with van der Waals surface area (Å²) in [5, 5.41) is 15.1. The zero-order chi connectivity index (χ0) is 22.8.